The molecule has 7 N–H and O–H groups in total. The van der Waals surface area contributed by atoms with Gasteiger partial charge in [0.05, 0.1) is 57.1 Å². The minimum Gasteiger partial charge on any atom is -0.508 e. The molecule has 12 nitrogen and oxygen atoms in total. The van der Waals surface area contributed by atoms with Crippen LogP contribution in [0.1, 0.15) is 53.3 Å². The fraction of sp³-hybridized carbons (Fsp3) is 0.300. The number of para-hydroxylation sites is 1. The molecule has 0 saturated carbocycles. The van der Waals surface area contributed by atoms with E-state index in [4.69, 9.17) is 19.9 Å². The van der Waals surface area contributed by atoms with Crippen molar-refractivity contribution in [3.63, 3.8) is 0 Å². The van der Waals surface area contributed by atoms with Gasteiger partial charge in [0.25, 0.3) is 11.8 Å². The lowest BCUT2D eigenvalue weighted by atomic mass is 9.95. The summed E-state index contributed by atoms with van der Waals surface area (Å²) in [6.07, 6.45) is 2.08. The number of carbonyl (C=O) groups excluding carboxylic acids is 2. The highest BCUT2D eigenvalue weighted by atomic mass is 32.1. The fourth-order valence-electron chi connectivity index (χ4n) is 6.71. The van der Waals surface area contributed by atoms with Gasteiger partial charge in [-0.15, -0.1) is 11.3 Å². The van der Waals surface area contributed by atoms with E-state index >= 15 is 0 Å². The van der Waals surface area contributed by atoms with Gasteiger partial charge in [-0.3, -0.25) is 9.59 Å². The van der Waals surface area contributed by atoms with E-state index in [1.807, 2.05) is 30.3 Å². The van der Waals surface area contributed by atoms with Crippen LogP contribution in [0, 0.1) is 0 Å². The van der Waals surface area contributed by atoms with Gasteiger partial charge in [-0.2, -0.15) is 0 Å². The van der Waals surface area contributed by atoms with Crippen LogP contribution in [-0.4, -0.2) is 79.2 Å². The van der Waals surface area contributed by atoms with Crippen molar-refractivity contribution in [3.8, 4) is 5.75 Å². The van der Waals surface area contributed by atoms with Crippen LogP contribution >= 0.6 is 11.3 Å². The molecule has 0 bridgehead atoms. The lowest BCUT2D eigenvalue weighted by Crippen LogP contribution is -2.27. The Morgan fingerprint density at radius 2 is 1.72 bits per heavy atom. The molecular weight excluding hydrogens is 693 g/mol. The Balaban J connectivity index is 0.933. The second-order valence-corrected chi connectivity index (χ2v) is 14.0. The molecule has 0 saturated heterocycles. The normalized spacial score (nSPS) is 13.9. The topological polar surface area (TPSA) is 165 Å². The highest BCUT2D eigenvalue weighted by molar-refractivity contribution is 7.14. The number of aromatic amines is 1. The number of thiophene rings is 1. The molecule has 13 heteroatoms. The molecular formula is C40H44N6O6S. The summed E-state index contributed by atoms with van der Waals surface area (Å²) in [6, 6.07) is 25.1. The minimum absolute atomic E-state index is 0.111. The molecule has 1 atom stereocenters. The first-order valence-electron chi connectivity index (χ1n) is 17.8. The number of ether oxygens (including phenoxy) is 3. The third-order valence-electron chi connectivity index (χ3n) is 9.20. The van der Waals surface area contributed by atoms with Crippen LogP contribution in [0.15, 0.2) is 85.1 Å². The van der Waals surface area contributed by atoms with E-state index in [-0.39, 0.29) is 23.6 Å². The lowest BCUT2D eigenvalue weighted by molar-refractivity contribution is 0.0166. The molecule has 1 aliphatic heterocycles. The number of phenolic OH excluding ortho intramolecular Hbond substituents is 1. The van der Waals surface area contributed by atoms with Crippen LogP contribution in [0.25, 0.3) is 21.8 Å². The van der Waals surface area contributed by atoms with Crippen LogP contribution < -0.4 is 21.7 Å². The fourth-order valence-corrected chi connectivity index (χ4v) is 7.63. The van der Waals surface area contributed by atoms with Crippen LogP contribution in [0.5, 0.6) is 5.75 Å². The van der Waals surface area contributed by atoms with Crippen LogP contribution in [-0.2, 0) is 33.8 Å². The van der Waals surface area contributed by atoms with Gasteiger partial charge in [0.2, 0.25) is 0 Å². The molecule has 7 rings (SSSR count). The quantitative estimate of drug-likeness (QED) is 0.0646. The Bertz CT molecular complexity index is 2190. The first kappa shape index (κ1) is 36.3. The smallest absolute Gasteiger partial charge is 0.261 e. The number of aromatic nitrogens is 2. The van der Waals surface area contributed by atoms with Crippen LogP contribution in [0.3, 0.4) is 0 Å². The lowest BCUT2D eigenvalue weighted by Gasteiger charge is -2.15. The summed E-state index contributed by atoms with van der Waals surface area (Å²) in [6.45, 7) is 5.63. The van der Waals surface area contributed by atoms with Crippen molar-refractivity contribution in [2.24, 2.45) is 5.73 Å². The molecule has 3 aromatic carbocycles. The maximum absolute atomic E-state index is 12.8. The average Bonchev–Trinajstić information content (AvgIpc) is 3.95. The number of nitrogens with two attached hydrogens (primary N) is 1. The minimum atomic E-state index is -0.371. The van der Waals surface area contributed by atoms with Gasteiger partial charge in [-0.1, -0.05) is 30.3 Å². The average molecular weight is 737 g/mol. The number of phenols is 1. The summed E-state index contributed by atoms with van der Waals surface area (Å²) in [5, 5.41) is 22.1. The number of H-pyrrole nitrogens is 1. The summed E-state index contributed by atoms with van der Waals surface area (Å²) in [5.41, 5.74) is 11.9. The highest BCUT2D eigenvalue weighted by Crippen LogP contribution is 2.38. The van der Waals surface area contributed by atoms with Crippen molar-refractivity contribution >= 4 is 45.0 Å². The first-order chi connectivity index (χ1) is 26.0. The van der Waals surface area contributed by atoms with Crippen molar-refractivity contribution in [2.45, 2.75) is 25.7 Å². The zero-order valence-electron chi connectivity index (χ0n) is 29.4. The van der Waals surface area contributed by atoms with Crippen molar-refractivity contribution in [1.82, 2.24) is 25.5 Å². The van der Waals surface area contributed by atoms with E-state index < -0.39 is 0 Å². The number of hydrogen-bond acceptors (Lipinski definition) is 9. The van der Waals surface area contributed by atoms with Crippen molar-refractivity contribution in [3.05, 3.63) is 123 Å². The Kier molecular flexibility index (Phi) is 11.8. The van der Waals surface area contributed by atoms with E-state index in [9.17, 15) is 14.7 Å². The van der Waals surface area contributed by atoms with Crippen LogP contribution in [0.2, 0.25) is 0 Å². The van der Waals surface area contributed by atoms with Gasteiger partial charge < -0.3 is 50.6 Å². The molecule has 0 radical (unpaired) electrons. The number of benzene rings is 3. The predicted molar refractivity (Wildman–Crippen MR) is 205 cm³/mol. The van der Waals surface area contributed by atoms with Gasteiger partial charge in [-0.05, 0) is 65.0 Å². The van der Waals surface area contributed by atoms with Gasteiger partial charge in [0, 0.05) is 70.5 Å². The number of nitrogens with zero attached hydrogens (tertiary/aromatic N) is 1. The highest BCUT2D eigenvalue weighted by Gasteiger charge is 2.33. The number of amides is 2. The second-order valence-electron chi connectivity index (χ2n) is 12.8. The molecule has 1 aliphatic rings. The summed E-state index contributed by atoms with van der Waals surface area (Å²) < 4.78 is 18.4. The third kappa shape index (κ3) is 8.62. The van der Waals surface area contributed by atoms with Gasteiger partial charge in [0.1, 0.15) is 5.75 Å². The molecule has 276 valence electrons. The van der Waals surface area contributed by atoms with Crippen LogP contribution in [0.4, 0.5) is 0 Å². The number of hydrogen-bond donors (Lipinski definition) is 6. The first-order valence-corrected chi connectivity index (χ1v) is 18.6. The number of aromatic hydroxyl groups is 1. The third-order valence-corrected chi connectivity index (χ3v) is 10.3. The maximum atomic E-state index is 12.8. The molecule has 3 aromatic heterocycles. The molecule has 0 spiro atoms. The largest absolute Gasteiger partial charge is 0.508 e. The molecule has 6 aromatic rings. The molecule has 0 aliphatic carbocycles. The second kappa shape index (κ2) is 17.2. The van der Waals surface area contributed by atoms with Gasteiger partial charge >= 0.3 is 0 Å². The predicted octanol–water partition coefficient (Wildman–Crippen LogP) is 4.80. The number of rotatable bonds is 19. The van der Waals surface area contributed by atoms with E-state index in [0.29, 0.717) is 82.8 Å². The van der Waals surface area contributed by atoms with Crippen molar-refractivity contribution in [2.75, 3.05) is 52.7 Å². The van der Waals surface area contributed by atoms with E-state index in [0.717, 1.165) is 49.1 Å². The Morgan fingerprint density at radius 3 is 2.57 bits per heavy atom. The number of fused-ring (bicyclic) bond motifs is 3. The summed E-state index contributed by atoms with van der Waals surface area (Å²) >= 11 is 1.49. The van der Waals surface area contributed by atoms with Crippen molar-refractivity contribution < 1.29 is 28.9 Å². The van der Waals surface area contributed by atoms with Gasteiger partial charge in [-0.25, -0.2) is 0 Å². The SMILES string of the molecule is NCCOCCOCCOCCNC(=O)c1ccc(Cn2ccc3ccc(CNCc4[nH]c5ccccc5c4C4NC(=O)c5ccc(O)cc54)cc32)s1. The Morgan fingerprint density at radius 1 is 0.906 bits per heavy atom. The zero-order valence-corrected chi connectivity index (χ0v) is 30.2. The monoisotopic (exact) mass is 736 g/mol. The zero-order chi connectivity index (χ0) is 36.6. The summed E-state index contributed by atoms with van der Waals surface area (Å²) in [5.74, 6) is -0.125. The molecule has 4 heterocycles. The molecule has 2 amide bonds. The van der Waals surface area contributed by atoms with Gasteiger partial charge in [0.15, 0.2) is 0 Å². The molecule has 0 fully saturated rings. The molecule has 53 heavy (non-hydrogen) atoms. The van der Waals surface area contributed by atoms with E-state index in [1.54, 1.807) is 18.2 Å². The molecule has 1 unspecified atom stereocenters. The number of nitrogens with one attached hydrogen (secondary N) is 4. The van der Waals surface area contributed by atoms with E-state index in [1.165, 1.54) is 11.3 Å². The standard InChI is InChI=1S/C40H44N6O6S/c41-12-15-50-17-19-52-20-18-51-16-13-43-40(49)36-10-8-29(53-36)25-46-14-11-27-6-5-26(21-35(27)46)23-42-24-34-37(31-3-1-2-4-33(31)44-34)38-32-22-28(47)7-9-30(32)39(48)45-38/h1-11,14,21-22,38,42,44,47H,12-13,15-20,23-25,41H2,(H,43,49)(H,45,48). The Hall–Kier alpha value is -5.02. The van der Waals surface area contributed by atoms with E-state index in [2.05, 4.69) is 62.0 Å². The summed E-state index contributed by atoms with van der Waals surface area (Å²) in [7, 11) is 0. The summed E-state index contributed by atoms with van der Waals surface area (Å²) in [4.78, 5) is 30.9. The van der Waals surface area contributed by atoms with Crippen molar-refractivity contribution in [1.29, 1.82) is 0 Å². The maximum Gasteiger partial charge on any atom is 0.261 e. The number of carbonyl (C=O) groups is 2. The Labute approximate surface area is 311 Å².